The molecule has 2 aliphatic heterocycles. The minimum atomic E-state index is 0.424. The van der Waals surface area contributed by atoms with Crippen molar-refractivity contribution in [1.29, 1.82) is 0 Å². The SMILES string of the molecule is CCCNC(CCC1CCCO1)C1CCC(C)O1. The molecular weight excluding hydrogens is 226 g/mol. The summed E-state index contributed by atoms with van der Waals surface area (Å²) in [5.41, 5.74) is 0. The molecule has 4 atom stereocenters. The van der Waals surface area contributed by atoms with Crippen molar-refractivity contribution in [2.45, 2.75) is 83.1 Å². The molecule has 0 aromatic carbocycles. The molecule has 106 valence electrons. The number of hydrogen-bond donors (Lipinski definition) is 1. The second-order valence-electron chi connectivity index (χ2n) is 5.84. The number of hydrogen-bond acceptors (Lipinski definition) is 3. The fourth-order valence-electron chi connectivity index (χ4n) is 3.12. The van der Waals surface area contributed by atoms with Gasteiger partial charge in [0.05, 0.1) is 18.3 Å². The molecule has 4 unspecified atom stereocenters. The zero-order valence-corrected chi connectivity index (χ0v) is 12.0. The van der Waals surface area contributed by atoms with Crippen LogP contribution in [0.15, 0.2) is 0 Å². The summed E-state index contributed by atoms with van der Waals surface area (Å²) in [6, 6.07) is 0.527. The van der Waals surface area contributed by atoms with Crippen LogP contribution < -0.4 is 5.32 Å². The van der Waals surface area contributed by atoms with E-state index in [1.54, 1.807) is 0 Å². The van der Waals surface area contributed by atoms with Crippen LogP contribution in [0.3, 0.4) is 0 Å². The third-order valence-corrected chi connectivity index (χ3v) is 4.19. The highest BCUT2D eigenvalue weighted by Gasteiger charge is 2.30. The molecule has 0 bridgehead atoms. The second-order valence-corrected chi connectivity index (χ2v) is 5.84. The Morgan fingerprint density at radius 1 is 1.28 bits per heavy atom. The fourth-order valence-corrected chi connectivity index (χ4v) is 3.12. The number of rotatable bonds is 7. The van der Waals surface area contributed by atoms with Crippen LogP contribution in [-0.4, -0.2) is 37.5 Å². The first-order valence-corrected chi connectivity index (χ1v) is 7.80. The molecular formula is C15H29NO2. The molecule has 3 heteroatoms. The summed E-state index contributed by atoms with van der Waals surface area (Å²) in [5.74, 6) is 0. The van der Waals surface area contributed by atoms with E-state index >= 15 is 0 Å². The van der Waals surface area contributed by atoms with Gasteiger partial charge in [0.2, 0.25) is 0 Å². The van der Waals surface area contributed by atoms with Gasteiger partial charge in [-0.2, -0.15) is 0 Å². The van der Waals surface area contributed by atoms with E-state index in [-0.39, 0.29) is 0 Å². The lowest BCUT2D eigenvalue weighted by molar-refractivity contribution is 0.0243. The molecule has 1 N–H and O–H groups in total. The Morgan fingerprint density at radius 2 is 2.17 bits per heavy atom. The van der Waals surface area contributed by atoms with Gasteiger partial charge in [0.25, 0.3) is 0 Å². The molecule has 0 spiro atoms. The number of nitrogens with one attached hydrogen (secondary N) is 1. The fraction of sp³-hybridized carbons (Fsp3) is 1.00. The summed E-state index contributed by atoms with van der Waals surface area (Å²) in [5, 5.41) is 3.68. The largest absolute Gasteiger partial charge is 0.378 e. The summed E-state index contributed by atoms with van der Waals surface area (Å²) >= 11 is 0. The average molecular weight is 255 g/mol. The van der Waals surface area contributed by atoms with Crippen molar-refractivity contribution in [3.63, 3.8) is 0 Å². The van der Waals surface area contributed by atoms with Gasteiger partial charge in [0.1, 0.15) is 0 Å². The van der Waals surface area contributed by atoms with Crippen LogP contribution in [0.1, 0.15) is 58.8 Å². The van der Waals surface area contributed by atoms with Crippen molar-refractivity contribution < 1.29 is 9.47 Å². The van der Waals surface area contributed by atoms with Crippen LogP contribution in [0, 0.1) is 0 Å². The Morgan fingerprint density at radius 3 is 2.78 bits per heavy atom. The summed E-state index contributed by atoms with van der Waals surface area (Å²) < 4.78 is 11.8. The van der Waals surface area contributed by atoms with Gasteiger partial charge < -0.3 is 14.8 Å². The van der Waals surface area contributed by atoms with E-state index in [0.717, 1.165) is 13.2 Å². The monoisotopic (exact) mass is 255 g/mol. The van der Waals surface area contributed by atoms with Crippen molar-refractivity contribution in [1.82, 2.24) is 5.32 Å². The van der Waals surface area contributed by atoms with Gasteiger partial charge in [-0.3, -0.25) is 0 Å². The molecule has 18 heavy (non-hydrogen) atoms. The van der Waals surface area contributed by atoms with Gasteiger partial charge in [-0.1, -0.05) is 6.92 Å². The molecule has 0 amide bonds. The van der Waals surface area contributed by atoms with Crippen molar-refractivity contribution in [3.05, 3.63) is 0 Å². The van der Waals surface area contributed by atoms with E-state index in [0.29, 0.717) is 24.4 Å². The lowest BCUT2D eigenvalue weighted by Gasteiger charge is -2.26. The van der Waals surface area contributed by atoms with Gasteiger partial charge in [0.15, 0.2) is 0 Å². The zero-order chi connectivity index (χ0) is 12.8. The third-order valence-electron chi connectivity index (χ3n) is 4.19. The Hall–Kier alpha value is -0.120. The molecule has 2 heterocycles. The van der Waals surface area contributed by atoms with Gasteiger partial charge in [-0.05, 0) is 58.4 Å². The Bertz CT molecular complexity index is 229. The maximum atomic E-state index is 6.03. The number of ether oxygens (including phenoxy) is 2. The average Bonchev–Trinajstić information content (AvgIpc) is 3.01. The van der Waals surface area contributed by atoms with Crippen molar-refractivity contribution in [3.8, 4) is 0 Å². The molecule has 2 rings (SSSR count). The Kier molecular flexibility index (Phi) is 5.93. The predicted molar refractivity (Wildman–Crippen MR) is 73.9 cm³/mol. The van der Waals surface area contributed by atoms with Gasteiger partial charge in [0, 0.05) is 12.6 Å². The lowest BCUT2D eigenvalue weighted by Crippen LogP contribution is -2.40. The van der Waals surface area contributed by atoms with Crippen LogP contribution in [0.4, 0.5) is 0 Å². The van der Waals surface area contributed by atoms with Crippen LogP contribution in [0.25, 0.3) is 0 Å². The van der Waals surface area contributed by atoms with E-state index in [2.05, 4.69) is 19.2 Å². The van der Waals surface area contributed by atoms with Gasteiger partial charge >= 0.3 is 0 Å². The summed E-state index contributed by atoms with van der Waals surface area (Å²) in [6.07, 6.45) is 9.89. The van der Waals surface area contributed by atoms with Crippen molar-refractivity contribution in [2.24, 2.45) is 0 Å². The maximum absolute atomic E-state index is 6.03. The molecule has 0 aliphatic carbocycles. The summed E-state index contributed by atoms with van der Waals surface area (Å²) in [7, 11) is 0. The van der Waals surface area contributed by atoms with E-state index < -0.39 is 0 Å². The summed E-state index contributed by atoms with van der Waals surface area (Å²) in [4.78, 5) is 0. The van der Waals surface area contributed by atoms with Crippen LogP contribution >= 0.6 is 0 Å². The molecule has 0 saturated carbocycles. The molecule has 2 fully saturated rings. The molecule has 0 aromatic rings. The molecule has 3 nitrogen and oxygen atoms in total. The molecule has 0 aromatic heterocycles. The quantitative estimate of drug-likeness (QED) is 0.759. The Labute approximate surface area is 112 Å². The lowest BCUT2D eigenvalue weighted by atomic mass is 9.99. The maximum Gasteiger partial charge on any atom is 0.0732 e. The van der Waals surface area contributed by atoms with E-state index in [1.807, 2.05) is 0 Å². The van der Waals surface area contributed by atoms with Crippen LogP contribution in [0.2, 0.25) is 0 Å². The first-order valence-electron chi connectivity index (χ1n) is 7.80. The van der Waals surface area contributed by atoms with E-state index in [9.17, 15) is 0 Å². The first kappa shape index (κ1) is 14.3. The minimum absolute atomic E-state index is 0.424. The van der Waals surface area contributed by atoms with Crippen molar-refractivity contribution in [2.75, 3.05) is 13.2 Å². The van der Waals surface area contributed by atoms with E-state index in [4.69, 9.17) is 9.47 Å². The van der Waals surface area contributed by atoms with E-state index in [1.165, 1.54) is 44.9 Å². The molecule has 0 radical (unpaired) electrons. The molecule has 2 aliphatic rings. The van der Waals surface area contributed by atoms with Crippen LogP contribution in [-0.2, 0) is 9.47 Å². The Balaban J connectivity index is 1.76. The normalized spacial score (nSPS) is 34.0. The van der Waals surface area contributed by atoms with Crippen molar-refractivity contribution >= 4 is 0 Å². The summed E-state index contributed by atoms with van der Waals surface area (Å²) in [6.45, 7) is 6.48. The first-order chi connectivity index (χ1) is 8.79. The van der Waals surface area contributed by atoms with Gasteiger partial charge in [-0.15, -0.1) is 0 Å². The topological polar surface area (TPSA) is 30.5 Å². The highest BCUT2D eigenvalue weighted by Crippen LogP contribution is 2.25. The standard InChI is InChI=1S/C15H29NO2/c1-3-10-16-14(15-9-6-12(2)18-15)8-7-13-5-4-11-17-13/h12-16H,3-11H2,1-2H3. The highest BCUT2D eigenvalue weighted by atomic mass is 16.5. The minimum Gasteiger partial charge on any atom is -0.378 e. The smallest absolute Gasteiger partial charge is 0.0732 e. The highest BCUT2D eigenvalue weighted by molar-refractivity contribution is 4.84. The predicted octanol–water partition coefficient (Wildman–Crippen LogP) is 2.88. The van der Waals surface area contributed by atoms with Crippen LogP contribution in [0.5, 0.6) is 0 Å². The molecule has 2 saturated heterocycles. The second kappa shape index (κ2) is 7.46. The van der Waals surface area contributed by atoms with Gasteiger partial charge in [-0.25, -0.2) is 0 Å². The third kappa shape index (κ3) is 4.22. The zero-order valence-electron chi connectivity index (χ0n) is 12.0.